The highest BCUT2D eigenvalue weighted by molar-refractivity contribution is 7.95. The molecule has 0 amide bonds. The lowest BCUT2D eigenvalue weighted by Gasteiger charge is -2.29. The van der Waals surface area contributed by atoms with Crippen LogP contribution in [0.3, 0.4) is 0 Å². The Hall–Kier alpha value is -6.44. The van der Waals surface area contributed by atoms with Crippen LogP contribution >= 0.6 is 14.5 Å². The van der Waals surface area contributed by atoms with Crippen molar-refractivity contribution >= 4 is 58.8 Å². The molecule has 0 aromatic heterocycles. The first-order chi connectivity index (χ1) is 34.8. The van der Waals surface area contributed by atoms with Gasteiger partial charge in [-0.1, -0.05) is 164 Å². The van der Waals surface area contributed by atoms with Crippen molar-refractivity contribution in [3.63, 3.8) is 0 Å². The molecular weight excluding hydrogens is 915 g/mol. The minimum atomic E-state index is -2.22. The van der Waals surface area contributed by atoms with Crippen LogP contribution in [0.2, 0.25) is 0 Å². The molecule has 0 radical (unpaired) electrons. The molecule has 0 spiro atoms. The Morgan fingerprint density at radius 1 is 0.403 bits per heavy atom. The number of phenols is 2. The fourth-order valence-corrected chi connectivity index (χ4v) is 19.3. The van der Waals surface area contributed by atoms with Crippen LogP contribution in [0.25, 0.3) is 0 Å². The quantitative estimate of drug-likeness (QED) is 0.0842. The maximum atomic E-state index is 12.2. The minimum absolute atomic E-state index is 0.0825. The lowest BCUT2D eigenvalue weighted by molar-refractivity contribution is 0.390. The molecule has 9 rings (SSSR count). The first kappa shape index (κ1) is 50.5. The summed E-state index contributed by atoms with van der Waals surface area (Å²) in [5, 5.41) is 32.2. The molecule has 1 saturated carbocycles. The lowest BCUT2D eigenvalue weighted by Crippen LogP contribution is -2.32. The molecule has 1 fully saturated rings. The van der Waals surface area contributed by atoms with E-state index in [4.69, 9.17) is 9.98 Å². The second-order valence-corrected chi connectivity index (χ2v) is 28.6. The topological polar surface area (TPSA) is 65.2 Å². The predicted molar refractivity (Wildman–Crippen MR) is 313 cm³/mol. The Kier molecular flexibility index (Phi) is 15.2. The van der Waals surface area contributed by atoms with Crippen molar-refractivity contribution < 1.29 is 10.2 Å². The van der Waals surface area contributed by atoms with Gasteiger partial charge in [-0.3, -0.25) is 9.98 Å². The van der Waals surface area contributed by atoms with E-state index in [-0.39, 0.29) is 34.4 Å². The van der Waals surface area contributed by atoms with Gasteiger partial charge in [0.1, 0.15) is 57.9 Å². The lowest BCUT2D eigenvalue weighted by atomic mass is 9.84. The van der Waals surface area contributed by atoms with Gasteiger partial charge in [-0.2, -0.15) is 0 Å². The van der Waals surface area contributed by atoms with Gasteiger partial charge < -0.3 is 10.2 Å². The van der Waals surface area contributed by atoms with Crippen LogP contribution in [0.15, 0.2) is 216 Å². The summed E-state index contributed by atoms with van der Waals surface area (Å²) in [6.07, 6.45) is 9.34. The van der Waals surface area contributed by atoms with Crippen LogP contribution in [0.5, 0.6) is 11.5 Å². The normalized spacial score (nSPS) is 15.8. The van der Waals surface area contributed by atoms with Crippen molar-refractivity contribution in [3.05, 3.63) is 240 Å². The van der Waals surface area contributed by atoms with E-state index in [1.165, 1.54) is 43.0 Å². The Morgan fingerprint density at radius 2 is 0.653 bits per heavy atom. The van der Waals surface area contributed by atoms with E-state index < -0.39 is 14.5 Å². The smallest absolute Gasteiger partial charge is 0.128 e. The highest BCUT2D eigenvalue weighted by Gasteiger charge is 2.47. The first-order valence-corrected chi connectivity index (χ1v) is 29.6. The van der Waals surface area contributed by atoms with Gasteiger partial charge in [0.15, 0.2) is 0 Å². The third kappa shape index (κ3) is 10.7. The van der Waals surface area contributed by atoms with Gasteiger partial charge in [-0.15, -0.1) is 0 Å². The number of hydrogen-bond donors (Lipinski definition) is 2. The van der Waals surface area contributed by atoms with E-state index in [1.54, 1.807) is 0 Å². The Balaban J connectivity index is 1.09. The Morgan fingerprint density at radius 3 is 0.889 bits per heavy atom. The van der Waals surface area contributed by atoms with Crippen LogP contribution < -0.4 is 31.8 Å². The van der Waals surface area contributed by atoms with Gasteiger partial charge in [-0.25, -0.2) is 0 Å². The van der Waals surface area contributed by atoms with Crippen molar-refractivity contribution in [2.24, 2.45) is 9.98 Å². The van der Waals surface area contributed by atoms with E-state index in [9.17, 15) is 10.2 Å². The van der Waals surface area contributed by atoms with E-state index >= 15 is 0 Å². The molecule has 2 unspecified atom stereocenters. The summed E-state index contributed by atoms with van der Waals surface area (Å²) < 4.78 is 0. The number of benzene rings is 8. The zero-order valence-corrected chi connectivity index (χ0v) is 44.7. The van der Waals surface area contributed by atoms with Crippen molar-refractivity contribution in [3.8, 4) is 11.5 Å². The molecule has 72 heavy (non-hydrogen) atoms. The number of aliphatic imine (C=N–C) groups is 2. The molecule has 8 aromatic carbocycles. The zero-order chi connectivity index (χ0) is 50.4. The first-order valence-electron chi connectivity index (χ1n) is 25.7. The Bertz CT molecular complexity index is 2700. The number of hydrogen-bond acceptors (Lipinski definition) is 4. The second kappa shape index (κ2) is 21.7. The summed E-state index contributed by atoms with van der Waals surface area (Å²) in [4.78, 5) is 10.7. The molecular formula is C66H70N2O2P2+2. The fourth-order valence-electron chi connectivity index (χ4n) is 10.8. The number of phenolic OH excluding ortho intramolecular Hbond substituents is 2. The molecule has 0 heterocycles. The van der Waals surface area contributed by atoms with Crippen LogP contribution in [0.1, 0.15) is 101 Å². The van der Waals surface area contributed by atoms with Crippen molar-refractivity contribution in [2.75, 3.05) is 0 Å². The molecule has 0 saturated heterocycles. The molecule has 364 valence electrons. The molecule has 1 aliphatic carbocycles. The predicted octanol–water partition coefficient (Wildman–Crippen LogP) is 13.5. The van der Waals surface area contributed by atoms with E-state index in [0.717, 1.165) is 60.3 Å². The van der Waals surface area contributed by atoms with E-state index in [2.05, 4.69) is 248 Å². The van der Waals surface area contributed by atoms with Crippen molar-refractivity contribution in [2.45, 2.75) is 102 Å². The summed E-state index contributed by atoms with van der Waals surface area (Å²) in [5.41, 5.74) is 5.00. The number of rotatable bonds is 14. The van der Waals surface area contributed by atoms with Gasteiger partial charge >= 0.3 is 0 Å². The summed E-state index contributed by atoms with van der Waals surface area (Å²) in [6.45, 7) is 13.1. The van der Waals surface area contributed by atoms with Gasteiger partial charge in [0.05, 0.1) is 24.4 Å². The SMILES string of the molecule is CC(C)(C)c1cc(C[P+](c2ccccc2)(c2ccccc2)c2ccccc2)cc(C=NC2CCCCC2N=Cc2cc(C[P+](c3ccccc3)(c3ccccc3)c3ccccc3)cc(C(C)(C)C)c2O)c1O. The summed E-state index contributed by atoms with van der Waals surface area (Å²) in [5.74, 6) is 0.566. The molecule has 4 nitrogen and oxygen atoms in total. The summed E-state index contributed by atoms with van der Waals surface area (Å²) in [6, 6.07) is 74.7. The van der Waals surface area contributed by atoms with Crippen LogP contribution in [-0.2, 0) is 23.2 Å². The average molecular weight is 985 g/mol. The van der Waals surface area contributed by atoms with Gasteiger partial charge in [0.25, 0.3) is 0 Å². The number of nitrogens with zero attached hydrogens (tertiary/aromatic N) is 2. The summed E-state index contributed by atoms with van der Waals surface area (Å²) in [7, 11) is -4.44. The van der Waals surface area contributed by atoms with Crippen LogP contribution in [-0.4, -0.2) is 34.7 Å². The zero-order valence-electron chi connectivity index (χ0n) is 42.9. The van der Waals surface area contributed by atoms with Crippen LogP contribution in [0.4, 0.5) is 0 Å². The van der Waals surface area contributed by atoms with E-state index in [1.807, 2.05) is 12.4 Å². The molecule has 8 aromatic rings. The molecule has 6 heteroatoms. The molecule has 0 aliphatic heterocycles. The minimum Gasteiger partial charge on any atom is -0.507 e. The average Bonchev–Trinajstić information content (AvgIpc) is 3.40. The van der Waals surface area contributed by atoms with Crippen LogP contribution in [0, 0.1) is 0 Å². The highest BCUT2D eigenvalue weighted by Crippen LogP contribution is 2.60. The third-order valence-corrected chi connectivity index (χ3v) is 23.3. The monoisotopic (exact) mass is 984 g/mol. The van der Waals surface area contributed by atoms with Gasteiger partial charge in [0.2, 0.25) is 0 Å². The molecule has 1 aliphatic rings. The molecule has 2 atom stereocenters. The Labute approximate surface area is 430 Å². The van der Waals surface area contributed by atoms with Crippen molar-refractivity contribution in [1.29, 1.82) is 0 Å². The number of aromatic hydroxyl groups is 2. The third-order valence-electron chi connectivity index (χ3n) is 14.5. The van der Waals surface area contributed by atoms with Gasteiger partial charge in [-0.05, 0) is 132 Å². The maximum Gasteiger partial charge on any atom is 0.128 e. The maximum absolute atomic E-state index is 12.2. The molecule has 2 N–H and O–H groups in total. The largest absolute Gasteiger partial charge is 0.507 e. The standard InChI is InChI=1S/C66H68N2O2P2/c1-65(2,3)59-43-49(47-71(53-27-13-7-14-28-53,54-29-15-8-16-30-54)55-31-17-9-18-32-55)41-51(63(59)69)45-67-61-39-25-26-40-62(61)68-46-52-42-50(44-60(64(52)70)66(4,5)6)48-72(56-33-19-10-20-34-56,57-35-21-11-22-36-57)58-37-23-12-24-38-58/h7-24,27-38,41-46,61-62H,25-26,39-40,47-48H2,1-6H3/p+2. The molecule has 0 bridgehead atoms. The fraction of sp³-hybridized carbons (Fsp3) is 0.242. The summed E-state index contributed by atoms with van der Waals surface area (Å²) >= 11 is 0. The van der Waals surface area contributed by atoms with E-state index in [0.29, 0.717) is 0 Å². The second-order valence-electron chi connectivity index (χ2n) is 21.6. The van der Waals surface area contributed by atoms with Crippen molar-refractivity contribution in [1.82, 2.24) is 0 Å². The van der Waals surface area contributed by atoms with Gasteiger partial charge in [0, 0.05) is 34.7 Å². The highest BCUT2D eigenvalue weighted by atomic mass is 31.2.